The molecule has 1 aromatic carbocycles. The number of nitrogens with zero attached hydrogens (tertiary/aromatic N) is 3. The zero-order valence-electron chi connectivity index (χ0n) is 16.3. The van der Waals surface area contributed by atoms with Crippen LogP contribution in [0.15, 0.2) is 52.2 Å². The molecule has 7 nitrogen and oxygen atoms in total. The Labute approximate surface area is 178 Å². The van der Waals surface area contributed by atoms with E-state index in [-0.39, 0.29) is 25.2 Å². The summed E-state index contributed by atoms with van der Waals surface area (Å²) in [6, 6.07) is 11.0. The summed E-state index contributed by atoms with van der Waals surface area (Å²) in [5.74, 6) is -0.609. The van der Waals surface area contributed by atoms with Crippen molar-refractivity contribution in [3.63, 3.8) is 0 Å². The number of pyridine rings is 1. The topological polar surface area (TPSA) is 96.0 Å². The number of aromatic nitrogens is 1. The molecular formula is C22H20ClN3O4. The molecule has 3 aromatic rings. The van der Waals surface area contributed by atoms with Crippen LogP contribution in [0.3, 0.4) is 0 Å². The molecule has 0 radical (unpaired) electrons. The normalized spacial score (nSPS) is 16.1. The highest BCUT2D eigenvalue weighted by Gasteiger charge is 2.35. The lowest BCUT2D eigenvalue weighted by Gasteiger charge is -2.23. The van der Waals surface area contributed by atoms with Crippen molar-refractivity contribution in [1.29, 1.82) is 0 Å². The molecule has 8 heteroatoms. The zero-order valence-corrected chi connectivity index (χ0v) is 17.1. The van der Waals surface area contributed by atoms with Gasteiger partial charge in [0, 0.05) is 30.2 Å². The van der Waals surface area contributed by atoms with Crippen molar-refractivity contribution in [3.05, 3.63) is 64.7 Å². The maximum atomic E-state index is 12.9. The highest BCUT2D eigenvalue weighted by molar-refractivity contribution is 6.30. The molecule has 0 saturated heterocycles. The first-order chi connectivity index (χ1) is 14.4. The second-order valence-electron chi connectivity index (χ2n) is 7.29. The van der Waals surface area contributed by atoms with E-state index >= 15 is 0 Å². The number of amides is 1. The molecule has 30 heavy (non-hydrogen) atoms. The van der Waals surface area contributed by atoms with Gasteiger partial charge in [0.1, 0.15) is 16.6 Å². The molecule has 2 aromatic heterocycles. The minimum Gasteiger partial charge on any atom is -0.481 e. The smallest absolute Gasteiger partial charge is 0.303 e. The van der Waals surface area contributed by atoms with Crippen molar-refractivity contribution < 1.29 is 19.1 Å². The summed E-state index contributed by atoms with van der Waals surface area (Å²) in [4.78, 5) is 28.2. The average Bonchev–Trinajstić information content (AvgIpc) is 3.37. The third-order valence-electron chi connectivity index (χ3n) is 5.06. The Bertz CT molecular complexity index is 1140. The van der Waals surface area contributed by atoms with Crippen LogP contribution in [0.4, 0.5) is 0 Å². The van der Waals surface area contributed by atoms with E-state index < -0.39 is 12.0 Å². The van der Waals surface area contributed by atoms with E-state index in [1.54, 1.807) is 18.4 Å². The summed E-state index contributed by atoms with van der Waals surface area (Å²) in [6.07, 6.45) is 2.23. The first kappa shape index (κ1) is 20.1. The highest BCUT2D eigenvalue weighted by Crippen LogP contribution is 2.37. The summed E-state index contributed by atoms with van der Waals surface area (Å²) in [7, 11) is 0. The van der Waals surface area contributed by atoms with Gasteiger partial charge in [0.25, 0.3) is 0 Å². The summed E-state index contributed by atoms with van der Waals surface area (Å²) < 4.78 is 5.46. The molecule has 1 amide bonds. The summed E-state index contributed by atoms with van der Waals surface area (Å²) in [5, 5.41) is 16.0. The number of furan rings is 1. The molecule has 0 bridgehead atoms. The molecule has 0 unspecified atom stereocenters. The van der Waals surface area contributed by atoms with Gasteiger partial charge in [-0.25, -0.2) is 9.99 Å². The molecule has 1 aliphatic heterocycles. The second kappa shape index (κ2) is 8.28. The number of rotatable bonds is 6. The lowest BCUT2D eigenvalue weighted by atomic mass is 10.00. The van der Waals surface area contributed by atoms with Crippen LogP contribution in [0.5, 0.6) is 0 Å². The third kappa shape index (κ3) is 4.07. The van der Waals surface area contributed by atoms with Crippen molar-refractivity contribution in [2.24, 2.45) is 5.10 Å². The number of carboxylic acids is 1. The van der Waals surface area contributed by atoms with Crippen molar-refractivity contribution in [1.82, 2.24) is 9.99 Å². The minimum absolute atomic E-state index is 0.0729. The molecule has 1 N–H and O–H groups in total. The Morgan fingerprint density at radius 1 is 1.27 bits per heavy atom. The van der Waals surface area contributed by atoms with Gasteiger partial charge in [-0.2, -0.15) is 5.10 Å². The van der Waals surface area contributed by atoms with Crippen molar-refractivity contribution >= 4 is 40.1 Å². The van der Waals surface area contributed by atoms with Crippen LogP contribution in [0.25, 0.3) is 10.9 Å². The quantitative estimate of drug-likeness (QED) is 0.576. The molecule has 154 valence electrons. The number of aryl methyl sites for hydroxylation is 1. The fourth-order valence-corrected chi connectivity index (χ4v) is 3.87. The van der Waals surface area contributed by atoms with E-state index in [2.05, 4.69) is 10.1 Å². The van der Waals surface area contributed by atoms with Gasteiger partial charge in [0.2, 0.25) is 5.91 Å². The van der Waals surface area contributed by atoms with E-state index in [1.165, 1.54) is 5.01 Å². The average molecular weight is 426 g/mol. The Hall–Kier alpha value is -3.19. The number of halogens is 1. The summed E-state index contributed by atoms with van der Waals surface area (Å²) in [6.45, 7) is 2.00. The largest absolute Gasteiger partial charge is 0.481 e. The van der Waals surface area contributed by atoms with Gasteiger partial charge in [0.15, 0.2) is 0 Å². The van der Waals surface area contributed by atoms with Crippen molar-refractivity contribution in [2.45, 2.75) is 38.6 Å². The maximum Gasteiger partial charge on any atom is 0.303 e. The fraction of sp³-hybridized carbons (Fsp3) is 0.273. The van der Waals surface area contributed by atoms with Crippen LogP contribution in [-0.4, -0.2) is 32.7 Å². The highest BCUT2D eigenvalue weighted by atomic mass is 35.5. The molecular weight excluding hydrogens is 406 g/mol. The number of hydrazone groups is 1. The number of hydrogen-bond acceptors (Lipinski definition) is 5. The van der Waals surface area contributed by atoms with Crippen LogP contribution in [0, 0.1) is 6.92 Å². The number of hydrogen-bond donors (Lipinski definition) is 1. The Kier molecular flexibility index (Phi) is 5.55. The Balaban J connectivity index is 1.69. The van der Waals surface area contributed by atoms with Gasteiger partial charge in [-0.05, 0) is 43.7 Å². The van der Waals surface area contributed by atoms with Gasteiger partial charge in [-0.3, -0.25) is 9.59 Å². The Morgan fingerprint density at radius 2 is 2.10 bits per heavy atom. The molecule has 0 saturated carbocycles. The van der Waals surface area contributed by atoms with E-state index in [9.17, 15) is 9.59 Å². The van der Waals surface area contributed by atoms with Gasteiger partial charge in [-0.15, -0.1) is 0 Å². The predicted octanol–water partition coefficient (Wildman–Crippen LogP) is 4.72. The van der Waals surface area contributed by atoms with E-state index in [4.69, 9.17) is 21.1 Å². The maximum absolute atomic E-state index is 12.9. The van der Waals surface area contributed by atoms with Crippen LogP contribution in [-0.2, 0) is 9.59 Å². The lowest BCUT2D eigenvalue weighted by Crippen LogP contribution is -2.27. The zero-order chi connectivity index (χ0) is 21.3. The molecule has 0 aliphatic carbocycles. The van der Waals surface area contributed by atoms with Crippen LogP contribution in [0.2, 0.25) is 5.15 Å². The standard InChI is InChI=1S/C22H20ClN3O4/c1-13-7-8-16-14(10-13)11-15(22(23)24-16)18-12-17(19-4-3-9-30-19)25-26(18)20(27)5-2-6-21(28)29/h3-4,7-11,18H,2,5-6,12H2,1H3,(H,28,29)/t18-/m0/s1. The monoisotopic (exact) mass is 425 g/mol. The number of carbonyl (C=O) groups excluding carboxylic acids is 1. The minimum atomic E-state index is -0.933. The number of carboxylic acid groups (broad SMARTS) is 1. The number of carbonyl (C=O) groups is 2. The first-order valence-corrected chi connectivity index (χ1v) is 10.0. The number of aliphatic carboxylic acids is 1. The SMILES string of the molecule is Cc1ccc2nc(Cl)c([C@@H]3CC(c4ccco4)=NN3C(=O)CCCC(=O)O)cc2c1. The molecule has 3 heterocycles. The number of fused-ring (bicyclic) bond motifs is 1. The number of benzene rings is 1. The van der Waals surface area contributed by atoms with Gasteiger partial charge in [-0.1, -0.05) is 23.2 Å². The summed E-state index contributed by atoms with van der Waals surface area (Å²) in [5.41, 5.74) is 3.21. The third-order valence-corrected chi connectivity index (χ3v) is 5.37. The fourth-order valence-electron chi connectivity index (χ4n) is 3.60. The van der Waals surface area contributed by atoms with Gasteiger partial charge < -0.3 is 9.52 Å². The second-order valence-corrected chi connectivity index (χ2v) is 7.65. The van der Waals surface area contributed by atoms with Crippen LogP contribution < -0.4 is 0 Å². The lowest BCUT2D eigenvalue weighted by molar-refractivity contribution is -0.137. The van der Waals surface area contributed by atoms with Gasteiger partial charge in [0.05, 0.1) is 17.8 Å². The van der Waals surface area contributed by atoms with Crippen molar-refractivity contribution in [2.75, 3.05) is 0 Å². The summed E-state index contributed by atoms with van der Waals surface area (Å²) >= 11 is 6.51. The molecule has 0 fully saturated rings. The van der Waals surface area contributed by atoms with E-state index in [1.807, 2.05) is 31.2 Å². The molecule has 0 spiro atoms. The Morgan fingerprint density at radius 3 is 2.83 bits per heavy atom. The van der Waals surface area contributed by atoms with Crippen molar-refractivity contribution in [3.8, 4) is 0 Å². The van der Waals surface area contributed by atoms with Gasteiger partial charge >= 0.3 is 5.97 Å². The van der Waals surface area contributed by atoms with E-state index in [0.29, 0.717) is 28.6 Å². The molecule has 4 rings (SSSR count). The molecule has 1 atom stereocenters. The first-order valence-electron chi connectivity index (χ1n) is 9.64. The van der Waals surface area contributed by atoms with Crippen LogP contribution >= 0.6 is 11.6 Å². The predicted molar refractivity (Wildman–Crippen MR) is 112 cm³/mol. The van der Waals surface area contributed by atoms with E-state index in [0.717, 1.165) is 16.5 Å². The van der Waals surface area contributed by atoms with Crippen LogP contribution in [0.1, 0.15) is 48.6 Å². The molecule has 1 aliphatic rings.